The predicted octanol–water partition coefficient (Wildman–Crippen LogP) is 1.11. The molecule has 2 fully saturated rings. The fraction of sp³-hybridized carbons (Fsp3) is 0.524. The van der Waals surface area contributed by atoms with Crippen LogP contribution in [-0.2, 0) is 11.8 Å². The third kappa shape index (κ3) is 4.32. The van der Waals surface area contributed by atoms with E-state index in [1.807, 2.05) is 0 Å². The predicted molar refractivity (Wildman–Crippen MR) is 114 cm³/mol. The van der Waals surface area contributed by atoms with Crippen LogP contribution in [0.1, 0.15) is 46.0 Å². The van der Waals surface area contributed by atoms with Gasteiger partial charge < -0.3 is 19.5 Å². The van der Waals surface area contributed by atoms with Gasteiger partial charge in [0.25, 0.3) is 11.8 Å². The fourth-order valence-electron chi connectivity index (χ4n) is 4.76. The van der Waals surface area contributed by atoms with Crippen LogP contribution in [0, 0.1) is 22.5 Å². The molecule has 0 saturated carbocycles. The topological polar surface area (TPSA) is 144 Å². The van der Waals surface area contributed by atoms with Crippen molar-refractivity contribution in [2.75, 3.05) is 32.7 Å². The van der Waals surface area contributed by atoms with Crippen LogP contribution in [0.15, 0.2) is 22.8 Å². The molecular weight excluding hydrogens is 432 g/mol. The highest BCUT2D eigenvalue weighted by Gasteiger charge is 2.44. The van der Waals surface area contributed by atoms with E-state index in [1.165, 1.54) is 31.0 Å². The first-order valence-corrected chi connectivity index (χ1v) is 10.8. The molecule has 33 heavy (non-hydrogen) atoms. The number of hydrogen-bond acceptors (Lipinski definition) is 7. The molecule has 2 aliphatic heterocycles. The molecule has 3 amide bonds. The first kappa shape index (κ1) is 22.5. The fourth-order valence-corrected chi connectivity index (χ4v) is 4.76. The lowest BCUT2D eigenvalue weighted by molar-refractivity contribution is -0.385. The molecule has 1 spiro atoms. The molecule has 12 heteroatoms. The number of likely N-dealkylation sites (tertiary alicyclic amines) is 2. The van der Waals surface area contributed by atoms with Crippen molar-refractivity contribution < 1.29 is 23.7 Å². The molecule has 4 heterocycles. The summed E-state index contributed by atoms with van der Waals surface area (Å²) in [7, 11) is 1.54. The Hall–Kier alpha value is -3.70. The minimum Gasteiger partial charge on any atom is -0.459 e. The van der Waals surface area contributed by atoms with Crippen molar-refractivity contribution in [3.63, 3.8) is 0 Å². The number of hydrogen-bond donors (Lipinski definition) is 1. The van der Waals surface area contributed by atoms with E-state index < -0.39 is 10.8 Å². The Morgan fingerprint density at radius 3 is 2.48 bits per heavy atom. The van der Waals surface area contributed by atoms with E-state index in [4.69, 9.17) is 4.42 Å². The molecule has 0 bridgehead atoms. The number of piperidine rings is 1. The lowest BCUT2D eigenvalue weighted by Gasteiger charge is -2.39. The summed E-state index contributed by atoms with van der Waals surface area (Å²) < 4.78 is 6.29. The van der Waals surface area contributed by atoms with Crippen LogP contribution in [0.4, 0.5) is 5.69 Å². The van der Waals surface area contributed by atoms with Gasteiger partial charge in [0.1, 0.15) is 5.69 Å². The number of nitrogens with one attached hydrogen (secondary N) is 1. The van der Waals surface area contributed by atoms with Crippen molar-refractivity contribution in [1.29, 1.82) is 0 Å². The second-order valence-electron chi connectivity index (χ2n) is 8.68. The molecule has 0 aromatic carbocycles. The zero-order chi connectivity index (χ0) is 23.8. The summed E-state index contributed by atoms with van der Waals surface area (Å²) in [6, 6.07) is 3.13. The molecule has 0 atom stereocenters. The molecule has 2 saturated heterocycles. The SMILES string of the molecule is Cc1nn(C)c(C(=O)N2CCC3(CCN(C(=O)CNC(=O)c4ccco4)CC3)C2)c1[N+](=O)[O-]. The van der Waals surface area contributed by atoms with Gasteiger partial charge in [-0.3, -0.25) is 29.2 Å². The summed E-state index contributed by atoms with van der Waals surface area (Å²) in [6.45, 7) is 3.47. The molecule has 1 N–H and O–H groups in total. The summed E-state index contributed by atoms with van der Waals surface area (Å²) in [5.41, 5.74) is -0.160. The summed E-state index contributed by atoms with van der Waals surface area (Å²) in [5, 5.41) is 18.1. The highest BCUT2D eigenvalue weighted by atomic mass is 16.6. The van der Waals surface area contributed by atoms with Gasteiger partial charge >= 0.3 is 5.69 Å². The third-order valence-electron chi connectivity index (χ3n) is 6.62. The largest absolute Gasteiger partial charge is 0.459 e. The molecular formula is C21H26N6O6. The Labute approximate surface area is 189 Å². The Morgan fingerprint density at radius 1 is 1.21 bits per heavy atom. The van der Waals surface area contributed by atoms with E-state index in [9.17, 15) is 24.5 Å². The third-order valence-corrected chi connectivity index (χ3v) is 6.62. The number of carbonyl (C=O) groups excluding carboxylic acids is 3. The van der Waals surface area contributed by atoms with Crippen molar-refractivity contribution in [1.82, 2.24) is 24.9 Å². The number of nitrogens with zero attached hydrogens (tertiary/aromatic N) is 5. The van der Waals surface area contributed by atoms with Crippen molar-refractivity contribution in [2.24, 2.45) is 12.5 Å². The lowest BCUT2D eigenvalue weighted by Crippen LogP contribution is -2.47. The van der Waals surface area contributed by atoms with Gasteiger partial charge in [-0.25, -0.2) is 0 Å². The number of carbonyl (C=O) groups is 3. The smallest absolute Gasteiger partial charge is 0.322 e. The average molecular weight is 458 g/mol. The van der Waals surface area contributed by atoms with E-state index in [2.05, 4.69) is 10.4 Å². The van der Waals surface area contributed by atoms with Gasteiger partial charge in [0.05, 0.1) is 17.7 Å². The van der Waals surface area contributed by atoms with Crippen molar-refractivity contribution >= 4 is 23.4 Å². The molecule has 0 unspecified atom stereocenters. The highest BCUT2D eigenvalue weighted by molar-refractivity contribution is 5.97. The van der Waals surface area contributed by atoms with Crippen LogP contribution in [-0.4, -0.2) is 74.9 Å². The Bertz CT molecular complexity index is 1080. The lowest BCUT2D eigenvalue weighted by atomic mass is 9.78. The molecule has 176 valence electrons. The molecule has 2 aromatic heterocycles. The van der Waals surface area contributed by atoms with Gasteiger partial charge in [-0.15, -0.1) is 0 Å². The summed E-state index contributed by atoms with van der Waals surface area (Å²) in [6.07, 6.45) is 3.62. The Morgan fingerprint density at radius 2 is 1.88 bits per heavy atom. The summed E-state index contributed by atoms with van der Waals surface area (Å²) in [5.74, 6) is -0.844. The maximum atomic E-state index is 13.1. The maximum Gasteiger partial charge on any atom is 0.322 e. The second-order valence-corrected chi connectivity index (χ2v) is 8.68. The standard InChI is InChI=1S/C21H26N6O6/c1-14-17(27(31)32)18(24(2)23-14)20(30)26-10-7-21(13-26)5-8-25(9-6-21)16(28)12-22-19(29)15-4-3-11-33-15/h3-4,11H,5-10,12-13H2,1-2H3,(H,22,29). The molecule has 2 aromatic rings. The highest BCUT2D eigenvalue weighted by Crippen LogP contribution is 2.41. The van der Waals surface area contributed by atoms with Gasteiger partial charge in [-0.2, -0.15) is 5.10 Å². The minimum absolute atomic E-state index is 0.00513. The van der Waals surface area contributed by atoms with E-state index in [-0.39, 0.29) is 46.6 Å². The van der Waals surface area contributed by atoms with Gasteiger partial charge in [-0.05, 0) is 43.7 Å². The number of aromatic nitrogens is 2. The normalized spacial score (nSPS) is 17.4. The first-order chi connectivity index (χ1) is 15.7. The van der Waals surface area contributed by atoms with Crippen LogP contribution in [0.5, 0.6) is 0 Å². The summed E-state index contributed by atoms with van der Waals surface area (Å²) in [4.78, 5) is 51.8. The monoisotopic (exact) mass is 458 g/mol. The number of rotatable bonds is 5. The number of nitro groups is 1. The average Bonchev–Trinajstić information content (AvgIpc) is 3.51. The Kier molecular flexibility index (Phi) is 5.91. The van der Waals surface area contributed by atoms with E-state index in [0.717, 1.165) is 19.3 Å². The minimum atomic E-state index is -0.559. The Balaban J connectivity index is 1.33. The van der Waals surface area contributed by atoms with Gasteiger partial charge in [0.2, 0.25) is 11.6 Å². The van der Waals surface area contributed by atoms with Gasteiger partial charge in [0.15, 0.2) is 5.76 Å². The quantitative estimate of drug-likeness (QED) is 0.522. The van der Waals surface area contributed by atoms with Crippen LogP contribution in [0.25, 0.3) is 0 Å². The maximum absolute atomic E-state index is 13.1. The number of furan rings is 1. The number of amides is 3. The van der Waals surface area contributed by atoms with Crippen LogP contribution >= 0.6 is 0 Å². The van der Waals surface area contributed by atoms with Gasteiger partial charge in [0, 0.05) is 33.2 Å². The molecule has 0 radical (unpaired) electrons. The summed E-state index contributed by atoms with van der Waals surface area (Å²) >= 11 is 0. The van der Waals surface area contributed by atoms with E-state index >= 15 is 0 Å². The van der Waals surface area contributed by atoms with Crippen LogP contribution in [0.3, 0.4) is 0 Å². The van der Waals surface area contributed by atoms with E-state index in [0.29, 0.717) is 26.2 Å². The van der Waals surface area contributed by atoms with Crippen LogP contribution in [0.2, 0.25) is 0 Å². The zero-order valence-electron chi connectivity index (χ0n) is 18.6. The molecule has 0 aliphatic carbocycles. The molecule has 2 aliphatic rings. The molecule has 12 nitrogen and oxygen atoms in total. The zero-order valence-corrected chi connectivity index (χ0v) is 18.6. The van der Waals surface area contributed by atoms with E-state index in [1.54, 1.807) is 15.9 Å². The van der Waals surface area contributed by atoms with Crippen LogP contribution < -0.4 is 5.32 Å². The van der Waals surface area contributed by atoms with Crippen molar-refractivity contribution in [3.8, 4) is 0 Å². The second kappa shape index (κ2) is 8.68. The molecule has 4 rings (SSSR count). The van der Waals surface area contributed by atoms with Crippen molar-refractivity contribution in [2.45, 2.75) is 26.2 Å². The van der Waals surface area contributed by atoms with Gasteiger partial charge in [-0.1, -0.05) is 0 Å². The number of aryl methyl sites for hydroxylation is 2. The first-order valence-electron chi connectivity index (χ1n) is 10.8. The van der Waals surface area contributed by atoms with Crippen molar-refractivity contribution in [3.05, 3.63) is 45.7 Å².